The van der Waals surface area contributed by atoms with E-state index in [0.717, 1.165) is 0 Å². The fourth-order valence-electron chi connectivity index (χ4n) is 1.19. The Hall–Kier alpha value is -0.430. The number of rotatable bonds is 4. The van der Waals surface area contributed by atoms with Crippen molar-refractivity contribution < 1.29 is 13.5 Å². The van der Waals surface area contributed by atoms with Crippen LogP contribution in [-0.4, -0.2) is 31.4 Å². The van der Waals surface area contributed by atoms with Gasteiger partial charge in [0.25, 0.3) is 0 Å². The Morgan fingerprint density at radius 3 is 2.50 bits per heavy atom. The van der Waals surface area contributed by atoms with Crippen LogP contribution >= 0.6 is 15.9 Å². The maximum Gasteiger partial charge on any atom is 0.243 e. The van der Waals surface area contributed by atoms with Crippen LogP contribution in [0, 0.1) is 0 Å². The number of benzene rings is 1. The van der Waals surface area contributed by atoms with Crippen LogP contribution in [0.4, 0.5) is 0 Å². The summed E-state index contributed by atoms with van der Waals surface area (Å²) in [6.45, 7) is 2.08. The molecular weight excluding hydrogens is 294 g/mol. The van der Waals surface area contributed by atoms with Gasteiger partial charge in [-0.15, -0.1) is 0 Å². The minimum atomic E-state index is -3.44. The van der Waals surface area contributed by atoms with Gasteiger partial charge in [-0.3, -0.25) is 0 Å². The van der Waals surface area contributed by atoms with Crippen molar-refractivity contribution in [3.63, 3.8) is 0 Å². The fourth-order valence-corrected chi connectivity index (χ4v) is 3.45. The topological polar surface area (TPSA) is 57.6 Å². The van der Waals surface area contributed by atoms with E-state index in [2.05, 4.69) is 15.9 Å². The van der Waals surface area contributed by atoms with Gasteiger partial charge in [0.1, 0.15) is 0 Å². The van der Waals surface area contributed by atoms with Crippen LogP contribution in [0.2, 0.25) is 0 Å². The first-order chi connectivity index (χ1) is 7.43. The third kappa shape index (κ3) is 2.63. The van der Waals surface area contributed by atoms with Crippen LogP contribution in [-0.2, 0) is 16.6 Å². The molecule has 6 heteroatoms. The number of halogens is 1. The minimum Gasteiger partial charge on any atom is -0.392 e. The molecule has 1 aromatic carbocycles. The summed E-state index contributed by atoms with van der Waals surface area (Å²) >= 11 is 3.20. The van der Waals surface area contributed by atoms with Gasteiger partial charge in [-0.1, -0.05) is 13.0 Å². The maximum absolute atomic E-state index is 12.0. The van der Waals surface area contributed by atoms with E-state index in [4.69, 9.17) is 5.11 Å². The van der Waals surface area contributed by atoms with Crippen LogP contribution < -0.4 is 0 Å². The zero-order valence-corrected chi connectivity index (χ0v) is 11.5. The van der Waals surface area contributed by atoms with Crippen molar-refractivity contribution in [2.75, 3.05) is 13.6 Å². The van der Waals surface area contributed by atoms with Crippen LogP contribution in [0.3, 0.4) is 0 Å². The van der Waals surface area contributed by atoms with E-state index in [1.807, 2.05) is 0 Å². The summed E-state index contributed by atoms with van der Waals surface area (Å²) in [5.41, 5.74) is 0.671. The average Bonchev–Trinajstić information content (AvgIpc) is 2.27. The standard InChI is InChI=1S/C10H14BrNO3S/c1-3-12(2)16(14,15)10-5-4-8(7-13)6-9(10)11/h4-6,13H,3,7H2,1-2H3. The Balaban J connectivity index is 3.24. The molecule has 4 nitrogen and oxygen atoms in total. The van der Waals surface area contributed by atoms with Crippen molar-refractivity contribution in [3.8, 4) is 0 Å². The Bertz CT molecular complexity index is 473. The lowest BCUT2D eigenvalue weighted by molar-refractivity contribution is 0.281. The normalized spacial score (nSPS) is 12.1. The lowest BCUT2D eigenvalue weighted by Crippen LogP contribution is -2.26. The molecule has 0 radical (unpaired) electrons. The van der Waals surface area contributed by atoms with Gasteiger partial charge < -0.3 is 5.11 Å². The molecule has 0 aliphatic carbocycles. The molecule has 0 aromatic heterocycles. The number of hydrogen-bond donors (Lipinski definition) is 1. The van der Waals surface area contributed by atoms with Gasteiger partial charge in [-0.2, -0.15) is 0 Å². The second-order valence-corrected chi connectivity index (χ2v) is 6.21. The predicted octanol–water partition coefficient (Wildman–Crippen LogP) is 1.58. The minimum absolute atomic E-state index is 0.109. The third-order valence-electron chi connectivity index (χ3n) is 2.31. The van der Waals surface area contributed by atoms with Crippen molar-refractivity contribution in [1.29, 1.82) is 0 Å². The molecule has 1 N–H and O–H groups in total. The number of nitrogens with zero attached hydrogens (tertiary/aromatic N) is 1. The van der Waals surface area contributed by atoms with E-state index in [9.17, 15) is 8.42 Å². The maximum atomic E-state index is 12.0. The molecule has 0 amide bonds. The molecule has 0 saturated carbocycles. The molecule has 1 aromatic rings. The molecule has 0 saturated heterocycles. The van der Waals surface area contributed by atoms with Gasteiger partial charge in [0, 0.05) is 18.1 Å². The zero-order chi connectivity index (χ0) is 12.3. The Labute approximate surface area is 104 Å². The van der Waals surface area contributed by atoms with Crippen molar-refractivity contribution in [1.82, 2.24) is 4.31 Å². The van der Waals surface area contributed by atoms with Gasteiger partial charge in [0.2, 0.25) is 10.0 Å². The van der Waals surface area contributed by atoms with Crippen LogP contribution in [0.5, 0.6) is 0 Å². The molecule has 0 atom stereocenters. The molecule has 0 bridgehead atoms. The summed E-state index contributed by atoms with van der Waals surface area (Å²) in [4.78, 5) is 0.217. The molecule has 16 heavy (non-hydrogen) atoms. The lowest BCUT2D eigenvalue weighted by Gasteiger charge is -2.16. The van der Waals surface area contributed by atoms with E-state index in [-0.39, 0.29) is 11.5 Å². The molecular formula is C10H14BrNO3S. The first-order valence-electron chi connectivity index (χ1n) is 4.79. The predicted molar refractivity (Wildman–Crippen MR) is 65.6 cm³/mol. The first-order valence-corrected chi connectivity index (χ1v) is 7.02. The smallest absolute Gasteiger partial charge is 0.243 e. The number of aliphatic hydroxyl groups excluding tert-OH is 1. The molecule has 0 heterocycles. The van der Waals surface area contributed by atoms with Crippen molar-refractivity contribution in [2.24, 2.45) is 0 Å². The van der Waals surface area contributed by atoms with Gasteiger partial charge in [0.15, 0.2) is 0 Å². The van der Waals surface area contributed by atoms with E-state index < -0.39 is 10.0 Å². The largest absolute Gasteiger partial charge is 0.392 e. The van der Waals surface area contributed by atoms with Gasteiger partial charge in [-0.25, -0.2) is 12.7 Å². The summed E-state index contributed by atoms with van der Waals surface area (Å²) in [5.74, 6) is 0. The summed E-state index contributed by atoms with van der Waals surface area (Å²) in [6, 6.07) is 4.70. The molecule has 0 fully saturated rings. The van der Waals surface area contributed by atoms with Gasteiger partial charge in [0.05, 0.1) is 11.5 Å². The quantitative estimate of drug-likeness (QED) is 0.919. The summed E-state index contributed by atoms with van der Waals surface area (Å²) in [7, 11) is -1.91. The fraction of sp³-hybridized carbons (Fsp3) is 0.400. The summed E-state index contributed by atoms with van der Waals surface area (Å²) in [6.07, 6.45) is 0. The molecule has 0 aliphatic heterocycles. The second-order valence-electron chi connectivity index (χ2n) is 3.34. The molecule has 0 spiro atoms. The van der Waals surface area contributed by atoms with Gasteiger partial charge in [-0.05, 0) is 33.6 Å². The molecule has 0 aliphatic rings. The lowest BCUT2D eigenvalue weighted by atomic mass is 10.2. The van der Waals surface area contributed by atoms with E-state index in [0.29, 0.717) is 16.6 Å². The third-order valence-corrected chi connectivity index (χ3v) is 5.22. The monoisotopic (exact) mass is 307 g/mol. The highest BCUT2D eigenvalue weighted by atomic mass is 79.9. The second kappa shape index (κ2) is 5.27. The van der Waals surface area contributed by atoms with Crippen molar-refractivity contribution in [2.45, 2.75) is 18.4 Å². The van der Waals surface area contributed by atoms with Gasteiger partial charge >= 0.3 is 0 Å². The van der Waals surface area contributed by atoms with Crippen molar-refractivity contribution in [3.05, 3.63) is 28.2 Å². The highest BCUT2D eigenvalue weighted by Crippen LogP contribution is 2.25. The Morgan fingerprint density at radius 1 is 1.44 bits per heavy atom. The van der Waals surface area contributed by atoms with E-state index >= 15 is 0 Å². The zero-order valence-electron chi connectivity index (χ0n) is 9.14. The number of aliphatic hydroxyl groups is 1. The van der Waals surface area contributed by atoms with Crippen molar-refractivity contribution >= 4 is 26.0 Å². The van der Waals surface area contributed by atoms with E-state index in [1.54, 1.807) is 19.1 Å². The van der Waals surface area contributed by atoms with E-state index in [1.165, 1.54) is 17.4 Å². The van der Waals surface area contributed by atoms with Crippen LogP contribution in [0.25, 0.3) is 0 Å². The highest BCUT2D eigenvalue weighted by Gasteiger charge is 2.21. The molecule has 1 rings (SSSR count). The first kappa shape index (κ1) is 13.6. The van der Waals surface area contributed by atoms with Crippen LogP contribution in [0.1, 0.15) is 12.5 Å². The number of hydrogen-bond acceptors (Lipinski definition) is 3. The SMILES string of the molecule is CCN(C)S(=O)(=O)c1ccc(CO)cc1Br. The average molecular weight is 308 g/mol. The molecule has 90 valence electrons. The molecule has 0 unspecified atom stereocenters. The summed E-state index contributed by atoms with van der Waals surface area (Å²) < 4.78 is 25.8. The Kier molecular flexibility index (Phi) is 4.49. The van der Waals surface area contributed by atoms with Crippen LogP contribution in [0.15, 0.2) is 27.6 Å². The highest BCUT2D eigenvalue weighted by molar-refractivity contribution is 9.10. The summed E-state index contributed by atoms with van der Waals surface area (Å²) in [5, 5.41) is 8.93. The number of sulfonamides is 1. The Morgan fingerprint density at radius 2 is 2.06 bits per heavy atom.